The average molecular weight is 353 g/mol. The zero-order chi connectivity index (χ0) is 15.6. The molecular weight excluding hydrogens is 336 g/mol. The molecule has 21 heavy (non-hydrogen) atoms. The number of nitrogens with zero attached hydrogens (tertiary/aromatic N) is 3. The number of nitro groups is 1. The minimum atomic E-state index is -0.375. The van der Waals surface area contributed by atoms with Crippen molar-refractivity contribution in [2.75, 3.05) is 5.32 Å². The van der Waals surface area contributed by atoms with Gasteiger partial charge in [0, 0.05) is 47.1 Å². The highest BCUT2D eigenvalue weighted by Crippen LogP contribution is 2.31. The van der Waals surface area contributed by atoms with E-state index in [1.807, 2.05) is 13.2 Å². The van der Waals surface area contributed by atoms with Gasteiger partial charge in [-0.2, -0.15) is 5.10 Å². The minimum absolute atomic E-state index is 0.114. The van der Waals surface area contributed by atoms with Crippen LogP contribution in [0.2, 0.25) is 0 Å². The number of nitro benzene ring substituents is 1. The lowest BCUT2D eigenvalue weighted by Gasteiger charge is -2.10. The molecule has 1 N–H and O–H groups in total. The molecule has 0 saturated heterocycles. The van der Waals surface area contributed by atoms with E-state index in [4.69, 9.17) is 0 Å². The highest BCUT2D eigenvalue weighted by molar-refractivity contribution is 9.10. The summed E-state index contributed by atoms with van der Waals surface area (Å²) in [6.45, 7) is 4.43. The van der Waals surface area contributed by atoms with Crippen molar-refractivity contribution in [3.05, 3.63) is 49.7 Å². The third-order valence-corrected chi connectivity index (χ3v) is 3.93. The fourth-order valence-electron chi connectivity index (χ4n) is 2.22. The molecule has 0 unspecified atom stereocenters. The lowest BCUT2D eigenvalue weighted by atomic mass is 10.1. The number of hydrogen-bond acceptors (Lipinski definition) is 4. The van der Waals surface area contributed by atoms with Gasteiger partial charge in [-0.1, -0.05) is 6.92 Å². The molecule has 0 spiro atoms. The highest BCUT2D eigenvalue weighted by Gasteiger charge is 2.14. The van der Waals surface area contributed by atoms with Gasteiger partial charge in [0.25, 0.3) is 5.69 Å². The van der Waals surface area contributed by atoms with Crippen LogP contribution >= 0.6 is 15.9 Å². The lowest BCUT2D eigenvalue weighted by molar-refractivity contribution is -0.385. The molecule has 0 bridgehead atoms. The molecule has 112 valence electrons. The molecule has 6 nitrogen and oxygen atoms in total. The van der Waals surface area contributed by atoms with Gasteiger partial charge in [0.15, 0.2) is 0 Å². The van der Waals surface area contributed by atoms with Crippen molar-refractivity contribution in [2.24, 2.45) is 7.05 Å². The van der Waals surface area contributed by atoms with Crippen LogP contribution < -0.4 is 5.32 Å². The van der Waals surface area contributed by atoms with Crippen LogP contribution in [0.4, 0.5) is 11.4 Å². The molecule has 7 heteroatoms. The first-order valence-electron chi connectivity index (χ1n) is 6.62. The summed E-state index contributed by atoms with van der Waals surface area (Å²) in [5.41, 5.74) is 3.77. The third-order valence-electron chi connectivity index (χ3n) is 3.28. The molecule has 0 saturated carbocycles. The van der Waals surface area contributed by atoms with Crippen LogP contribution in [0, 0.1) is 17.0 Å². The van der Waals surface area contributed by atoms with Crippen molar-refractivity contribution in [3.63, 3.8) is 0 Å². The third kappa shape index (κ3) is 3.41. The van der Waals surface area contributed by atoms with Gasteiger partial charge in [-0.3, -0.25) is 14.8 Å². The Kier molecular flexibility index (Phi) is 4.62. The summed E-state index contributed by atoms with van der Waals surface area (Å²) in [5.74, 6) is 0. The van der Waals surface area contributed by atoms with E-state index >= 15 is 0 Å². The largest absolute Gasteiger partial charge is 0.380 e. The molecule has 0 aliphatic carbocycles. The minimum Gasteiger partial charge on any atom is -0.380 e. The van der Waals surface area contributed by atoms with E-state index in [1.54, 1.807) is 17.7 Å². The van der Waals surface area contributed by atoms with Crippen molar-refractivity contribution in [1.29, 1.82) is 0 Å². The summed E-state index contributed by atoms with van der Waals surface area (Å²) >= 11 is 3.38. The van der Waals surface area contributed by atoms with E-state index in [0.717, 1.165) is 23.4 Å². The van der Waals surface area contributed by atoms with Gasteiger partial charge in [0.05, 0.1) is 10.6 Å². The summed E-state index contributed by atoms with van der Waals surface area (Å²) in [5, 5.41) is 18.6. The fourth-order valence-corrected chi connectivity index (χ4v) is 2.69. The number of benzene rings is 1. The molecule has 2 aromatic rings. The number of nitrogens with one attached hydrogen (secondary N) is 1. The van der Waals surface area contributed by atoms with E-state index in [0.29, 0.717) is 16.6 Å². The second-order valence-electron chi connectivity index (χ2n) is 4.86. The maximum Gasteiger partial charge on any atom is 0.273 e. The SMILES string of the molecule is CCc1nn(C)cc1CNc1cc(C)c([N+](=O)[O-])cc1Br. The number of aryl methyl sites for hydroxylation is 3. The van der Waals surface area contributed by atoms with E-state index in [9.17, 15) is 10.1 Å². The predicted molar refractivity (Wildman–Crippen MR) is 85.4 cm³/mol. The molecular formula is C14H17BrN4O2. The first-order valence-corrected chi connectivity index (χ1v) is 7.41. The van der Waals surface area contributed by atoms with Crippen LogP contribution in [0.5, 0.6) is 0 Å². The van der Waals surface area contributed by atoms with Gasteiger partial charge in [-0.15, -0.1) is 0 Å². The van der Waals surface area contributed by atoms with Crippen LogP contribution in [0.3, 0.4) is 0 Å². The Morgan fingerprint density at radius 3 is 2.81 bits per heavy atom. The van der Waals surface area contributed by atoms with Gasteiger partial charge < -0.3 is 5.32 Å². The van der Waals surface area contributed by atoms with Gasteiger partial charge in [0.2, 0.25) is 0 Å². The maximum atomic E-state index is 10.9. The molecule has 2 rings (SSSR count). The van der Waals surface area contributed by atoms with E-state index in [-0.39, 0.29) is 10.6 Å². The molecule has 1 aromatic carbocycles. The van der Waals surface area contributed by atoms with Crippen molar-refractivity contribution < 1.29 is 4.92 Å². The second kappa shape index (κ2) is 6.26. The standard InChI is InChI=1S/C14H17BrN4O2/c1-4-12-10(8-18(3)17-12)7-16-13-5-9(2)14(19(20)21)6-11(13)15/h5-6,8,16H,4,7H2,1-3H3. The Balaban J connectivity index is 2.20. The predicted octanol–water partition coefficient (Wildman–Crippen LogP) is 3.57. The number of aromatic nitrogens is 2. The lowest BCUT2D eigenvalue weighted by Crippen LogP contribution is -2.03. The van der Waals surface area contributed by atoms with Crippen LogP contribution in [0.25, 0.3) is 0 Å². The number of hydrogen-bond donors (Lipinski definition) is 1. The normalized spacial score (nSPS) is 10.7. The zero-order valence-corrected chi connectivity index (χ0v) is 13.8. The molecule has 0 aliphatic heterocycles. The average Bonchev–Trinajstić information content (AvgIpc) is 2.79. The zero-order valence-electron chi connectivity index (χ0n) is 12.2. The molecule has 0 amide bonds. The smallest absolute Gasteiger partial charge is 0.273 e. The van der Waals surface area contributed by atoms with Crippen LogP contribution in [-0.2, 0) is 20.0 Å². The quantitative estimate of drug-likeness (QED) is 0.659. The molecule has 0 atom stereocenters. The Morgan fingerprint density at radius 2 is 2.19 bits per heavy atom. The molecule has 0 aliphatic rings. The molecule has 1 aromatic heterocycles. The van der Waals surface area contributed by atoms with Gasteiger partial charge in [0.1, 0.15) is 0 Å². The maximum absolute atomic E-state index is 10.9. The summed E-state index contributed by atoms with van der Waals surface area (Å²) in [7, 11) is 1.90. The van der Waals surface area contributed by atoms with Gasteiger partial charge in [-0.25, -0.2) is 0 Å². The van der Waals surface area contributed by atoms with Crippen LogP contribution in [-0.4, -0.2) is 14.7 Å². The van der Waals surface area contributed by atoms with Crippen molar-refractivity contribution >= 4 is 27.3 Å². The summed E-state index contributed by atoms with van der Waals surface area (Å²) < 4.78 is 2.48. The van der Waals surface area contributed by atoms with Crippen LogP contribution in [0.15, 0.2) is 22.8 Å². The second-order valence-corrected chi connectivity index (χ2v) is 5.71. The van der Waals surface area contributed by atoms with Crippen molar-refractivity contribution in [1.82, 2.24) is 9.78 Å². The monoisotopic (exact) mass is 352 g/mol. The Morgan fingerprint density at radius 1 is 1.48 bits per heavy atom. The molecule has 0 fully saturated rings. The molecule has 0 radical (unpaired) electrons. The number of rotatable bonds is 5. The van der Waals surface area contributed by atoms with Crippen LogP contribution in [0.1, 0.15) is 23.7 Å². The Hall–Kier alpha value is -1.89. The number of halogens is 1. The first kappa shape index (κ1) is 15.5. The van der Waals surface area contributed by atoms with E-state index < -0.39 is 0 Å². The molecule has 1 heterocycles. The van der Waals surface area contributed by atoms with Crippen molar-refractivity contribution in [2.45, 2.75) is 26.8 Å². The summed E-state index contributed by atoms with van der Waals surface area (Å²) in [6.07, 6.45) is 2.86. The van der Waals surface area contributed by atoms with E-state index in [1.165, 1.54) is 6.07 Å². The highest BCUT2D eigenvalue weighted by atomic mass is 79.9. The Labute approximate surface area is 131 Å². The Bertz CT molecular complexity index is 682. The fraction of sp³-hybridized carbons (Fsp3) is 0.357. The summed E-state index contributed by atoms with van der Waals surface area (Å²) in [4.78, 5) is 10.5. The van der Waals surface area contributed by atoms with Gasteiger partial charge in [-0.05, 0) is 35.3 Å². The van der Waals surface area contributed by atoms with Crippen molar-refractivity contribution in [3.8, 4) is 0 Å². The topological polar surface area (TPSA) is 73.0 Å². The number of anilines is 1. The van der Waals surface area contributed by atoms with E-state index in [2.05, 4.69) is 33.3 Å². The van der Waals surface area contributed by atoms with Gasteiger partial charge >= 0.3 is 0 Å². The summed E-state index contributed by atoms with van der Waals surface area (Å²) in [6, 6.07) is 3.31. The first-order chi connectivity index (χ1) is 9.92.